The summed E-state index contributed by atoms with van der Waals surface area (Å²) < 4.78 is 10.4. The molecule has 1 heterocycles. The highest BCUT2D eigenvalue weighted by molar-refractivity contribution is 5.92. The Labute approximate surface area is 157 Å². The van der Waals surface area contributed by atoms with E-state index < -0.39 is 0 Å². The predicted molar refractivity (Wildman–Crippen MR) is 102 cm³/mol. The quantitative estimate of drug-likeness (QED) is 0.670. The monoisotopic (exact) mass is 364 g/mol. The van der Waals surface area contributed by atoms with Crippen LogP contribution in [0.25, 0.3) is 0 Å². The molecule has 0 aliphatic carbocycles. The number of para-hydroxylation sites is 1. The molecule has 2 N–H and O–H groups in total. The average molecular weight is 364 g/mol. The van der Waals surface area contributed by atoms with Gasteiger partial charge >= 0.3 is 0 Å². The summed E-state index contributed by atoms with van der Waals surface area (Å²) in [7, 11) is 3.21. The van der Waals surface area contributed by atoms with Gasteiger partial charge in [-0.25, -0.2) is 9.97 Å². The Balaban J connectivity index is 1.66. The summed E-state index contributed by atoms with van der Waals surface area (Å²) in [6, 6.07) is 16.4. The lowest BCUT2D eigenvalue weighted by molar-refractivity contribution is 0.0945. The first-order valence-corrected chi connectivity index (χ1v) is 8.34. The molecule has 0 aliphatic rings. The van der Waals surface area contributed by atoms with E-state index >= 15 is 0 Å². The van der Waals surface area contributed by atoms with Crippen molar-refractivity contribution in [1.29, 1.82) is 0 Å². The van der Waals surface area contributed by atoms with Crippen LogP contribution >= 0.6 is 0 Å². The molecule has 1 amide bonds. The van der Waals surface area contributed by atoms with Gasteiger partial charge in [0, 0.05) is 24.0 Å². The number of nitrogens with zero attached hydrogens (tertiary/aromatic N) is 2. The van der Waals surface area contributed by atoms with Gasteiger partial charge in [-0.1, -0.05) is 18.2 Å². The van der Waals surface area contributed by atoms with Crippen molar-refractivity contribution in [2.45, 2.75) is 6.54 Å². The number of aromatic nitrogens is 2. The Morgan fingerprint density at radius 1 is 1.00 bits per heavy atom. The third kappa shape index (κ3) is 4.72. The number of hydrogen-bond donors (Lipinski definition) is 2. The van der Waals surface area contributed by atoms with Crippen molar-refractivity contribution in [3.63, 3.8) is 0 Å². The van der Waals surface area contributed by atoms with Gasteiger partial charge in [0.05, 0.1) is 14.2 Å². The largest absolute Gasteiger partial charge is 0.497 e. The molecule has 0 unspecified atom stereocenters. The van der Waals surface area contributed by atoms with E-state index in [1.54, 1.807) is 20.3 Å². The van der Waals surface area contributed by atoms with Gasteiger partial charge in [0.25, 0.3) is 5.91 Å². The number of nitrogens with one attached hydrogen (secondary N) is 2. The second-order valence-corrected chi connectivity index (χ2v) is 5.61. The minimum absolute atomic E-state index is 0.274. The minimum Gasteiger partial charge on any atom is -0.497 e. The van der Waals surface area contributed by atoms with Crippen molar-refractivity contribution in [3.8, 4) is 11.5 Å². The highest BCUT2D eigenvalue weighted by atomic mass is 16.5. The van der Waals surface area contributed by atoms with Gasteiger partial charge in [-0.2, -0.15) is 0 Å². The molecular formula is C20H20N4O3. The van der Waals surface area contributed by atoms with Crippen LogP contribution < -0.4 is 20.1 Å². The summed E-state index contributed by atoms with van der Waals surface area (Å²) in [5, 5.41) is 5.91. The summed E-state index contributed by atoms with van der Waals surface area (Å²) in [6.45, 7) is 0.341. The lowest BCUT2D eigenvalue weighted by atomic mass is 10.2. The van der Waals surface area contributed by atoms with Gasteiger partial charge in [-0.05, 0) is 36.4 Å². The fourth-order valence-corrected chi connectivity index (χ4v) is 2.46. The lowest BCUT2D eigenvalue weighted by Crippen LogP contribution is -2.24. The number of ether oxygens (including phenoxy) is 2. The molecule has 0 saturated carbocycles. The summed E-state index contributed by atoms with van der Waals surface area (Å²) in [4.78, 5) is 20.8. The molecule has 3 aromatic rings. The maximum absolute atomic E-state index is 12.4. The fraction of sp³-hybridized carbons (Fsp3) is 0.150. The van der Waals surface area contributed by atoms with Crippen LogP contribution in [0.1, 0.15) is 16.1 Å². The molecule has 0 fully saturated rings. The SMILES string of the molecule is COc1ccc(Nc2nccc(C(=O)NCc3ccccc3OC)n2)cc1. The van der Waals surface area contributed by atoms with Crippen molar-refractivity contribution in [1.82, 2.24) is 15.3 Å². The molecule has 0 atom stereocenters. The predicted octanol–water partition coefficient (Wildman–Crippen LogP) is 3.17. The van der Waals surface area contributed by atoms with Crippen molar-refractivity contribution >= 4 is 17.5 Å². The zero-order valence-corrected chi connectivity index (χ0v) is 15.1. The van der Waals surface area contributed by atoms with Crippen LogP contribution in [0, 0.1) is 0 Å². The molecule has 0 spiro atoms. The van der Waals surface area contributed by atoms with Crippen LogP contribution in [0.4, 0.5) is 11.6 Å². The Morgan fingerprint density at radius 2 is 1.78 bits per heavy atom. The van der Waals surface area contributed by atoms with Gasteiger partial charge in [-0.15, -0.1) is 0 Å². The molecule has 0 aliphatic heterocycles. The summed E-state index contributed by atoms with van der Waals surface area (Å²) >= 11 is 0. The first-order chi connectivity index (χ1) is 13.2. The number of benzene rings is 2. The molecule has 0 bridgehead atoms. The van der Waals surface area contributed by atoms with E-state index in [2.05, 4.69) is 20.6 Å². The van der Waals surface area contributed by atoms with Crippen LogP contribution in [0.2, 0.25) is 0 Å². The molecule has 7 nitrogen and oxygen atoms in total. The number of carbonyl (C=O) groups excluding carboxylic acids is 1. The smallest absolute Gasteiger partial charge is 0.270 e. The zero-order valence-electron chi connectivity index (χ0n) is 15.1. The number of hydrogen-bond acceptors (Lipinski definition) is 6. The second kappa shape index (κ2) is 8.66. The van der Waals surface area contributed by atoms with Crippen molar-refractivity contribution < 1.29 is 14.3 Å². The number of amides is 1. The topological polar surface area (TPSA) is 85.4 Å². The summed E-state index contributed by atoms with van der Waals surface area (Å²) in [5.74, 6) is 1.53. The Kier molecular flexibility index (Phi) is 5.84. The van der Waals surface area contributed by atoms with E-state index in [1.807, 2.05) is 48.5 Å². The summed E-state index contributed by atoms with van der Waals surface area (Å²) in [5.41, 5.74) is 1.96. The van der Waals surface area contributed by atoms with Crippen molar-refractivity contribution in [3.05, 3.63) is 72.1 Å². The van der Waals surface area contributed by atoms with Crippen LogP contribution in [0.15, 0.2) is 60.8 Å². The molecule has 27 heavy (non-hydrogen) atoms. The van der Waals surface area contributed by atoms with E-state index in [0.29, 0.717) is 12.5 Å². The zero-order chi connectivity index (χ0) is 19.1. The third-order valence-electron chi connectivity index (χ3n) is 3.87. The van der Waals surface area contributed by atoms with Crippen LogP contribution in [-0.2, 0) is 6.54 Å². The number of rotatable bonds is 7. The highest BCUT2D eigenvalue weighted by Gasteiger charge is 2.10. The minimum atomic E-state index is -0.291. The van der Waals surface area contributed by atoms with Crippen LogP contribution in [-0.4, -0.2) is 30.1 Å². The van der Waals surface area contributed by atoms with Gasteiger partial charge in [0.15, 0.2) is 0 Å². The molecule has 2 aromatic carbocycles. The average Bonchev–Trinajstić information content (AvgIpc) is 2.73. The second-order valence-electron chi connectivity index (χ2n) is 5.61. The Morgan fingerprint density at radius 3 is 2.52 bits per heavy atom. The lowest BCUT2D eigenvalue weighted by Gasteiger charge is -2.10. The maximum atomic E-state index is 12.4. The van der Waals surface area contributed by atoms with E-state index in [1.165, 1.54) is 6.20 Å². The third-order valence-corrected chi connectivity index (χ3v) is 3.87. The molecule has 0 saturated heterocycles. The molecule has 3 rings (SSSR count). The van der Waals surface area contributed by atoms with E-state index in [0.717, 1.165) is 22.7 Å². The highest BCUT2D eigenvalue weighted by Crippen LogP contribution is 2.18. The van der Waals surface area contributed by atoms with Crippen molar-refractivity contribution in [2.24, 2.45) is 0 Å². The number of anilines is 2. The van der Waals surface area contributed by atoms with Gasteiger partial charge in [0.2, 0.25) is 5.95 Å². The Hall–Kier alpha value is -3.61. The standard InChI is InChI=1S/C20H20N4O3/c1-26-16-9-7-15(8-10-16)23-20-21-12-11-17(24-20)19(25)22-13-14-5-3-4-6-18(14)27-2/h3-12H,13H2,1-2H3,(H,22,25)(H,21,23,24). The van der Waals surface area contributed by atoms with Crippen LogP contribution in [0.3, 0.4) is 0 Å². The first-order valence-electron chi connectivity index (χ1n) is 8.34. The first kappa shape index (κ1) is 18.2. The Bertz CT molecular complexity index is 913. The van der Waals surface area contributed by atoms with Gasteiger partial charge in [0.1, 0.15) is 17.2 Å². The molecule has 7 heteroatoms. The van der Waals surface area contributed by atoms with E-state index in [9.17, 15) is 4.79 Å². The molecule has 0 radical (unpaired) electrons. The van der Waals surface area contributed by atoms with Crippen LogP contribution in [0.5, 0.6) is 11.5 Å². The fourth-order valence-electron chi connectivity index (χ4n) is 2.46. The number of methoxy groups -OCH3 is 2. The van der Waals surface area contributed by atoms with E-state index in [4.69, 9.17) is 9.47 Å². The normalized spacial score (nSPS) is 10.1. The molecular weight excluding hydrogens is 344 g/mol. The molecule has 1 aromatic heterocycles. The van der Waals surface area contributed by atoms with E-state index in [-0.39, 0.29) is 11.6 Å². The number of carbonyl (C=O) groups is 1. The maximum Gasteiger partial charge on any atom is 0.270 e. The van der Waals surface area contributed by atoms with Crippen molar-refractivity contribution in [2.75, 3.05) is 19.5 Å². The summed E-state index contributed by atoms with van der Waals surface area (Å²) in [6.07, 6.45) is 1.54. The van der Waals surface area contributed by atoms with Gasteiger partial charge in [-0.3, -0.25) is 4.79 Å². The van der Waals surface area contributed by atoms with Gasteiger partial charge < -0.3 is 20.1 Å². The molecule has 138 valence electrons.